The maximum atomic E-state index is 12.0. The van der Waals surface area contributed by atoms with Crippen molar-refractivity contribution in [3.63, 3.8) is 0 Å². The van der Waals surface area contributed by atoms with Crippen LogP contribution in [0.5, 0.6) is 0 Å². The molecule has 1 saturated heterocycles. The average Bonchev–Trinajstić information content (AvgIpc) is 2.38. The summed E-state index contributed by atoms with van der Waals surface area (Å²) in [5.74, 6) is -0.831. The molecule has 0 spiro atoms. The Morgan fingerprint density at radius 2 is 2.22 bits per heavy atom. The zero-order valence-electron chi connectivity index (χ0n) is 10.9. The van der Waals surface area contributed by atoms with Crippen LogP contribution in [-0.2, 0) is 19.1 Å². The van der Waals surface area contributed by atoms with Gasteiger partial charge in [0.2, 0.25) is 11.8 Å². The van der Waals surface area contributed by atoms with Crippen molar-refractivity contribution in [3.05, 3.63) is 0 Å². The van der Waals surface area contributed by atoms with E-state index in [0.29, 0.717) is 19.5 Å². The first kappa shape index (κ1) is 14.5. The largest absolute Gasteiger partial charge is 0.469 e. The number of ether oxygens (including phenoxy) is 1. The predicted molar refractivity (Wildman–Crippen MR) is 64.7 cm³/mol. The average molecular weight is 256 g/mol. The summed E-state index contributed by atoms with van der Waals surface area (Å²) in [7, 11) is 1.27. The Kier molecular flexibility index (Phi) is 5.61. The van der Waals surface area contributed by atoms with Gasteiger partial charge in [-0.1, -0.05) is 13.3 Å². The molecule has 0 aromatic heterocycles. The molecule has 0 radical (unpaired) electrons. The third kappa shape index (κ3) is 3.72. The third-order valence-corrected chi connectivity index (χ3v) is 2.98. The molecule has 1 heterocycles. The van der Waals surface area contributed by atoms with Gasteiger partial charge >= 0.3 is 5.97 Å². The fourth-order valence-electron chi connectivity index (χ4n) is 1.93. The van der Waals surface area contributed by atoms with Crippen LogP contribution in [0.2, 0.25) is 0 Å². The monoisotopic (exact) mass is 256 g/mol. The van der Waals surface area contributed by atoms with Gasteiger partial charge in [0.05, 0.1) is 13.5 Å². The molecule has 6 nitrogen and oxygen atoms in total. The number of unbranched alkanes of at least 4 members (excludes halogenated alkanes) is 1. The van der Waals surface area contributed by atoms with E-state index >= 15 is 0 Å². The summed E-state index contributed by atoms with van der Waals surface area (Å²) in [5, 5.41) is 2.66. The molecule has 0 saturated carbocycles. The quantitative estimate of drug-likeness (QED) is 0.706. The second-order valence-electron chi connectivity index (χ2n) is 4.28. The molecule has 18 heavy (non-hydrogen) atoms. The van der Waals surface area contributed by atoms with Crippen molar-refractivity contribution >= 4 is 17.8 Å². The highest BCUT2D eigenvalue weighted by molar-refractivity contribution is 5.91. The lowest BCUT2D eigenvalue weighted by molar-refractivity contribution is -0.150. The summed E-state index contributed by atoms with van der Waals surface area (Å²) in [5.41, 5.74) is 0. The molecule has 1 atom stereocenters. The molecule has 6 heteroatoms. The Labute approximate surface area is 107 Å². The topological polar surface area (TPSA) is 75.7 Å². The molecular formula is C12H20N2O4. The van der Waals surface area contributed by atoms with E-state index in [1.54, 1.807) is 0 Å². The van der Waals surface area contributed by atoms with Crippen LogP contribution in [-0.4, -0.2) is 48.9 Å². The zero-order valence-corrected chi connectivity index (χ0v) is 10.9. The van der Waals surface area contributed by atoms with Gasteiger partial charge in [-0.3, -0.25) is 14.4 Å². The molecule has 1 N–H and O–H groups in total. The number of hydrogen-bond donors (Lipinski definition) is 1. The zero-order chi connectivity index (χ0) is 13.5. The number of nitrogens with zero attached hydrogens (tertiary/aromatic N) is 1. The molecule has 0 bridgehead atoms. The van der Waals surface area contributed by atoms with Gasteiger partial charge in [0.15, 0.2) is 0 Å². The SMILES string of the molecule is CCCCC(=O)N1CCNC(=O)[C@H]1CC(=O)OC. The molecule has 102 valence electrons. The molecule has 0 aromatic carbocycles. The van der Waals surface area contributed by atoms with Crippen molar-refractivity contribution < 1.29 is 19.1 Å². The molecule has 0 unspecified atom stereocenters. The number of carbonyl (C=O) groups is 3. The van der Waals surface area contributed by atoms with Gasteiger partial charge in [-0.25, -0.2) is 0 Å². The van der Waals surface area contributed by atoms with Crippen LogP contribution in [0.15, 0.2) is 0 Å². The van der Waals surface area contributed by atoms with Gasteiger partial charge in [0, 0.05) is 19.5 Å². The number of amides is 2. The second-order valence-corrected chi connectivity index (χ2v) is 4.28. The van der Waals surface area contributed by atoms with Crippen molar-refractivity contribution in [2.75, 3.05) is 20.2 Å². The summed E-state index contributed by atoms with van der Waals surface area (Å²) in [6, 6.07) is -0.726. The maximum absolute atomic E-state index is 12.0. The van der Waals surface area contributed by atoms with Crippen molar-refractivity contribution in [1.82, 2.24) is 10.2 Å². The van der Waals surface area contributed by atoms with E-state index in [1.165, 1.54) is 12.0 Å². The molecule has 2 amide bonds. The summed E-state index contributed by atoms with van der Waals surface area (Å²) < 4.78 is 4.55. The maximum Gasteiger partial charge on any atom is 0.308 e. The Morgan fingerprint density at radius 3 is 2.83 bits per heavy atom. The van der Waals surface area contributed by atoms with Gasteiger partial charge in [-0.2, -0.15) is 0 Å². The lowest BCUT2D eigenvalue weighted by Crippen LogP contribution is -2.57. The highest BCUT2D eigenvalue weighted by Gasteiger charge is 2.34. The van der Waals surface area contributed by atoms with Crippen LogP contribution >= 0.6 is 0 Å². The number of hydrogen-bond acceptors (Lipinski definition) is 4. The summed E-state index contributed by atoms with van der Waals surface area (Å²) in [4.78, 5) is 36.5. The van der Waals surface area contributed by atoms with Crippen LogP contribution in [0.1, 0.15) is 32.6 Å². The van der Waals surface area contributed by atoms with Gasteiger partial charge < -0.3 is 15.0 Å². The van der Waals surface area contributed by atoms with E-state index in [4.69, 9.17) is 0 Å². The van der Waals surface area contributed by atoms with E-state index in [-0.39, 0.29) is 18.2 Å². The van der Waals surface area contributed by atoms with Crippen molar-refractivity contribution in [1.29, 1.82) is 0 Å². The standard InChI is InChI=1S/C12H20N2O4/c1-3-4-5-10(15)14-7-6-13-12(17)9(14)8-11(16)18-2/h9H,3-8H2,1-2H3,(H,13,17)/t9-/m1/s1. The Morgan fingerprint density at radius 1 is 1.50 bits per heavy atom. The fraction of sp³-hybridized carbons (Fsp3) is 0.750. The minimum atomic E-state index is -0.726. The molecule has 1 aliphatic rings. The number of piperazine rings is 1. The molecule has 1 rings (SSSR count). The second kappa shape index (κ2) is 6.98. The number of carbonyl (C=O) groups excluding carboxylic acids is 3. The number of methoxy groups -OCH3 is 1. The number of esters is 1. The van der Waals surface area contributed by atoms with Crippen LogP contribution in [0, 0.1) is 0 Å². The lowest BCUT2D eigenvalue weighted by atomic mass is 10.1. The van der Waals surface area contributed by atoms with Crippen molar-refractivity contribution in [2.24, 2.45) is 0 Å². The molecule has 0 aliphatic carbocycles. The van der Waals surface area contributed by atoms with Gasteiger partial charge in [0.25, 0.3) is 0 Å². The van der Waals surface area contributed by atoms with Crippen LogP contribution < -0.4 is 5.32 Å². The van der Waals surface area contributed by atoms with Crippen molar-refractivity contribution in [3.8, 4) is 0 Å². The minimum Gasteiger partial charge on any atom is -0.469 e. The number of nitrogens with one attached hydrogen (secondary N) is 1. The fourth-order valence-corrected chi connectivity index (χ4v) is 1.93. The first-order chi connectivity index (χ1) is 8.60. The Hall–Kier alpha value is -1.59. The first-order valence-electron chi connectivity index (χ1n) is 6.24. The van der Waals surface area contributed by atoms with Crippen LogP contribution in [0.4, 0.5) is 0 Å². The first-order valence-corrected chi connectivity index (χ1v) is 6.24. The van der Waals surface area contributed by atoms with Gasteiger partial charge in [0.1, 0.15) is 6.04 Å². The minimum absolute atomic E-state index is 0.0689. The highest BCUT2D eigenvalue weighted by Crippen LogP contribution is 2.12. The van der Waals surface area contributed by atoms with Crippen LogP contribution in [0.25, 0.3) is 0 Å². The normalized spacial score (nSPS) is 19.3. The summed E-state index contributed by atoms with van der Waals surface area (Å²) in [6.07, 6.45) is 2.05. The van der Waals surface area contributed by atoms with Crippen LogP contribution in [0.3, 0.4) is 0 Å². The highest BCUT2D eigenvalue weighted by atomic mass is 16.5. The van der Waals surface area contributed by atoms with E-state index < -0.39 is 12.0 Å². The van der Waals surface area contributed by atoms with Crippen molar-refractivity contribution in [2.45, 2.75) is 38.6 Å². The smallest absolute Gasteiger partial charge is 0.308 e. The molecular weight excluding hydrogens is 236 g/mol. The van der Waals surface area contributed by atoms with Gasteiger partial charge in [-0.05, 0) is 6.42 Å². The molecule has 0 aromatic rings. The van der Waals surface area contributed by atoms with Gasteiger partial charge in [-0.15, -0.1) is 0 Å². The van der Waals surface area contributed by atoms with E-state index in [1.807, 2.05) is 6.92 Å². The Balaban J connectivity index is 2.68. The summed E-state index contributed by atoms with van der Waals surface area (Å²) in [6.45, 7) is 2.90. The predicted octanol–water partition coefficient (Wildman–Crippen LogP) is 0.0667. The van der Waals surface area contributed by atoms with E-state index in [2.05, 4.69) is 10.1 Å². The van der Waals surface area contributed by atoms with E-state index in [0.717, 1.165) is 12.8 Å². The number of rotatable bonds is 5. The molecule has 1 fully saturated rings. The summed E-state index contributed by atoms with van der Waals surface area (Å²) >= 11 is 0. The van der Waals surface area contributed by atoms with E-state index in [9.17, 15) is 14.4 Å². The third-order valence-electron chi connectivity index (χ3n) is 2.98. The molecule has 1 aliphatic heterocycles. The lowest BCUT2D eigenvalue weighted by Gasteiger charge is -2.34. The Bertz CT molecular complexity index is 330.